The summed E-state index contributed by atoms with van der Waals surface area (Å²) in [6.45, 7) is 10.5. The molecule has 4 atom stereocenters. The van der Waals surface area contributed by atoms with Crippen LogP contribution in [0.3, 0.4) is 0 Å². The Morgan fingerprint density at radius 3 is 2.83 bits per heavy atom. The SMILES string of the molecule is C=C1C(=O)OC2/C=C(\C)CC/C=C(\C)CCCC3(C)OC3CC12. The predicted octanol–water partition coefficient (Wildman–Crippen LogP) is 4.49. The van der Waals surface area contributed by atoms with Crippen molar-refractivity contribution >= 4 is 5.97 Å². The number of ether oxygens (including phenoxy) is 2. The molecule has 0 N–H and O–H groups in total. The van der Waals surface area contributed by atoms with Crippen molar-refractivity contribution in [3.05, 3.63) is 35.5 Å². The maximum absolute atomic E-state index is 11.9. The van der Waals surface area contributed by atoms with Crippen LogP contribution in [-0.2, 0) is 14.3 Å². The second-order valence-electron chi connectivity index (χ2n) is 7.61. The third-order valence-electron chi connectivity index (χ3n) is 5.58. The molecule has 0 saturated carbocycles. The van der Waals surface area contributed by atoms with E-state index in [1.807, 2.05) is 0 Å². The minimum Gasteiger partial charge on any atom is -0.454 e. The maximum Gasteiger partial charge on any atom is 0.334 e. The zero-order valence-electron chi connectivity index (χ0n) is 14.6. The molecule has 2 aliphatic heterocycles. The van der Waals surface area contributed by atoms with Crippen molar-refractivity contribution in [1.29, 1.82) is 0 Å². The van der Waals surface area contributed by atoms with Crippen LogP contribution >= 0.6 is 0 Å². The van der Waals surface area contributed by atoms with Gasteiger partial charge < -0.3 is 9.47 Å². The molecule has 23 heavy (non-hydrogen) atoms. The number of esters is 1. The van der Waals surface area contributed by atoms with Gasteiger partial charge in [0.2, 0.25) is 0 Å². The molecule has 0 spiro atoms. The van der Waals surface area contributed by atoms with Crippen LogP contribution in [0.25, 0.3) is 0 Å². The van der Waals surface area contributed by atoms with Crippen molar-refractivity contribution in [3.8, 4) is 0 Å². The molecule has 3 heteroatoms. The average molecular weight is 316 g/mol. The molecule has 1 aliphatic carbocycles. The molecule has 0 radical (unpaired) electrons. The Morgan fingerprint density at radius 2 is 2.04 bits per heavy atom. The summed E-state index contributed by atoms with van der Waals surface area (Å²) >= 11 is 0. The van der Waals surface area contributed by atoms with Crippen molar-refractivity contribution in [1.82, 2.24) is 0 Å². The first-order valence-electron chi connectivity index (χ1n) is 8.79. The van der Waals surface area contributed by atoms with E-state index < -0.39 is 0 Å². The molecule has 0 aromatic rings. The first-order valence-corrected chi connectivity index (χ1v) is 8.79. The molecule has 0 amide bonds. The molecule has 2 saturated heterocycles. The normalized spacial score (nSPS) is 43.2. The van der Waals surface area contributed by atoms with Crippen molar-refractivity contribution in [3.63, 3.8) is 0 Å². The van der Waals surface area contributed by atoms with Crippen LogP contribution in [0.1, 0.15) is 59.3 Å². The lowest BCUT2D eigenvalue weighted by atomic mass is 9.86. The monoisotopic (exact) mass is 316 g/mol. The van der Waals surface area contributed by atoms with Crippen molar-refractivity contribution < 1.29 is 14.3 Å². The van der Waals surface area contributed by atoms with Gasteiger partial charge in [-0.05, 0) is 65.4 Å². The molecular weight excluding hydrogens is 288 g/mol. The Kier molecular flexibility index (Phi) is 4.50. The third kappa shape index (κ3) is 3.60. The minimum absolute atomic E-state index is 0.0282. The fraction of sp³-hybridized carbons (Fsp3) is 0.650. The van der Waals surface area contributed by atoms with Crippen LogP contribution in [0.5, 0.6) is 0 Å². The number of allylic oxidation sites excluding steroid dienone is 3. The number of carbonyl (C=O) groups excluding carboxylic acids is 1. The van der Waals surface area contributed by atoms with Crippen LogP contribution in [0, 0.1) is 5.92 Å². The fourth-order valence-electron chi connectivity index (χ4n) is 3.83. The van der Waals surface area contributed by atoms with Gasteiger partial charge in [-0.1, -0.05) is 23.8 Å². The second kappa shape index (κ2) is 6.27. The summed E-state index contributed by atoms with van der Waals surface area (Å²) in [4.78, 5) is 11.9. The average Bonchev–Trinajstić information content (AvgIpc) is 3.04. The molecule has 3 aliphatic rings. The number of hydrogen-bond acceptors (Lipinski definition) is 3. The van der Waals surface area contributed by atoms with Crippen LogP contribution < -0.4 is 0 Å². The molecule has 0 bridgehead atoms. The number of hydrogen-bond donors (Lipinski definition) is 0. The van der Waals surface area contributed by atoms with Crippen molar-refractivity contribution in [2.75, 3.05) is 0 Å². The van der Waals surface area contributed by atoms with Crippen LogP contribution in [0.4, 0.5) is 0 Å². The molecular formula is C20H28O3. The van der Waals surface area contributed by atoms with E-state index in [2.05, 4.69) is 39.5 Å². The lowest BCUT2D eigenvalue weighted by molar-refractivity contribution is -0.137. The van der Waals surface area contributed by atoms with Gasteiger partial charge in [0.25, 0.3) is 0 Å². The van der Waals surface area contributed by atoms with Gasteiger partial charge in [0.1, 0.15) is 6.10 Å². The molecule has 2 heterocycles. The Labute approximate surface area is 139 Å². The summed E-state index contributed by atoms with van der Waals surface area (Å²) in [6.07, 6.45) is 10.8. The number of carbonyl (C=O) groups is 1. The van der Waals surface area contributed by atoms with Gasteiger partial charge in [-0.3, -0.25) is 0 Å². The zero-order valence-corrected chi connectivity index (χ0v) is 14.6. The summed E-state index contributed by atoms with van der Waals surface area (Å²) < 4.78 is 11.5. The molecule has 3 rings (SSSR count). The van der Waals surface area contributed by atoms with E-state index in [0.29, 0.717) is 5.57 Å². The van der Waals surface area contributed by atoms with E-state index in [9.17, 15) is 4.79 Å². The maximum atomic E-state index is 11.9. The number of rotatable bonds is 0. The smallest absolute Gasteiger partial charge is 0.334 e. The largest absolute Gasteiger partial charge is 0.454 e. The Morgan fingerprint density at radius 1 is 1.26 bits per heavy atom. The molecule has 3 nitrogen and oxygen atoms in total. The summed E-state index contributed by atoms with van der Waals surface area (Å²) in [6, 6.07) is 0. The summed E-state index contributed by atoms with van der Waals surface area (Å²) in [7, 11) is 0. The Hall–Kier alpha value is -1.35. The highest BCUT2D eigenvalue weighted by Gasteiger charge is 2.54. The summed E-state index contributed by atoms with van der Waals surface area (Å²) in [5, 5.41) is 0. The summed E-state index contributed by atoms with van der Waals surface area (Å²) in [5.41, 5.74) is 3.33. The van der Waals surface area contributed by atoms with Gasteiger partial charge in [0.15, 0.2) is 0 Å². The van der Waals surface area contributed by atoms with Gasteiger partial charge >= 0.3 is 5.97 Å². The van der Waals surface area contributed by atoms with E-state index in [1.54, 1.807) is 0 Å². The Balaban J connectivity index is 1.80. The first-order chi connectivity index (χ1) is 10.9. The highest BCUT2D eigenvalue weighted by molar-refractivity contribution is 5.91. The van der Waals surface area contributed by atoms with E-state index in [0.717, 1.165) is 38.5 Å². The highest BCUT2D eigenvalue weighted by Crippen LogP contribution is 2.47. The van der Waals surface area contributed by atoms with Crippen LogP contribution in [0.15, 0.2) is 35.5 Å². The minimum atomic E-state index is -0.244. The van der Waals surface area contributed by atoms with Crippen molar-refractivity contribution in [2.45, 2.75) is 77.1 Å². The van der Waals surface area contributed by atoms with Gasteiger partial charge in [0.05, 0.1) is 11.7 Å². The van der Waals surface area contributed by atoms with Gasteiger partial charge in [-0.15, -0.1) is 0 Å². The van der Waals surface area contributed by atoms with Crippen LogP contribution in [-0.4, -0.2) is 23.8 Å². The highest BCUT2D eigenvalue weighted by atomic mass is 16.6. The quantitative estimate of drug-likeness (QED) is 0.286. The van der Waals surface area contributed by atoms with Crippen LogP contribution in [0.2, 0.25) is 0 Å². The molecule has 4 unspecified atom stereocenters. The number of epoxide rings is 1. The number of fused-ring (bicyclic) bond motifs is 2. The zero-order chi connectivity index (χ0) is 16.6. The predicted molar refractivity (Wildman–Crippen MR) is 91.0 cm³/mol. The lowest BCUT2D eigenvalue weighted by Crippen LogP contribution is -2.20. The molecule has 0 aromatic carbocycles. The summed E-state index contributed by atoms with van der Waals surface area (Å²) in [5.74, 6) is -0.184. The van der Waals surface area contributed by atoms with E-state index in [4.69, 9.17) is 9.47 Å². The second-order valence-corrected chi connectivity index (χ2v) is 7.61. The fourth-order valence-corrected chi connectivity index (χ4v) is 3.83. The van der Waals surface area contributed by atoms with Gasteiger partial charge in [-0.25, -0.2) is 4.79 Å². The lowest BCUT2D eigenvalue weighted by Gasteiger charge is -2.16. The molecule has 0 aromatic heterocycles. The van der Waals surface area contributed by atoms with Crippen molar-refractivity contribution in [2.24, 2.45) is 5.92 Å². The standard InChI is InChI=1S/C20H28O3/c1-13-7-5-8-14(2)11-17-16(15(3)19(21)22-17)12-18-20(4,23-18)10-6-9-13/h7,11,16-18H,3,5-6,8-10,12H2,1-2,4H3/b13-7+,14-11+. The topological polar surface area (TPSA) is 38.8 Å². The van der Waals surface area contributed by atoms with E-state index in [-0.39, 0.29) is 29.7 Å². The molecule has 126 valence electrons. The Bertz CT molecular complexity index is 571. The molecule has 2 fully saturated rings. The van der Waals surface area contributed by atoms with E-state index >= 15 is 0 Å². The third-order valence-corrected chi connectivity index (χ3v) is 5.58. The van der Waals surface area contributed by atoms with Gasteiger partial charge in [0, 0.05) is 11.5 Å². The van der Waals surface area contributed by atoms with Gasteiger partial charge in [-0.2, -0.15) is 0 Å². The first kappa shape index (κ1) is 16.5. The van der Waals surface area contributed by atoms with E-state index in [1.165, 1.54) is 11.1 Å².